The molecule has 0 aliphatic heterocycles. The van der Waals surface area contributed by atoms with E-state index in [-0.39, 0.29) is 35.5 Å². The Balaban J connectivity index is 1.73. The molecule has 4 rings (SSSR count). The van der Waals surface area contributed by atoms with Crippen LogP contribution in [0, 0.1) is 0 Å². The molecule has 4 aromatic rings. The lowest BCUT2D eigenvalue weighted by atomic mass is 10.1. The minimum absolute atomic E-state index is 0.0151. The lowest BCUT2D eigenvalue weighted by Crippen LogP contribution is -2.53. The van der Waals surface area contributed by atoms with Crippen LogP contribution < -0.4 is 14.4 Å². The van der Waals surface area contributed by atoms with Gasteiger partial charge in [0.05, 0.1) is 10.6 Å². The molecule has 0 saturated carbocycles. The predicted molar refractivity (Wildman–Crippen MR) is 183 cm³/mol. The molecule has 242 valence electrons. The summed E-state index contributed by atoms with van der Waals surface area (Å²) >= 11 is 12.6. The molecule has 0 radical (unpaired) electrons. The maximum absolute atomic E-state index is 14.3. The number of rotatable bonds is 14. The van der Waals surface area contributed by atoms with Gasteiger partial charge >= 0.3 is 0 Å². The lowest BCUT2D eigenvalue weighted by molar-refractivity contribution is -0.140. The fourth-order valence-corrected chi connectivity index (χ4v) is 6.65. The molecule has 11 heteroatoms. The molecule has 0 aliphatic carbocycles. The lowest BCUT2D eigenvalue weighted by Gasteiger charge is -2.34. The summed E-state index contributed by atoms with van der Waals surface area (Å²) in [7, 11) is -4.22. The standard InChI is InChI=1S/C35H37Cl2N3O5S/c1-4-25(3)38-35(42)33(5-2)39(23-26-16-17-27(36)22-32(26)37)34(41)24-40(46(43,44)31-14-10-7-11-15-31)28-18-20-30(21-19-28)45-29-12-8-6-9-13-29/h6-22,25,33H,4-5,23-24H2,1-3H3,(H,38,42). The molecule has 0 saturated heterocycles. The summed E-state index contributed by atoms with van der Waals surface area (Å²) in [6.07, 6.45) is 0.988. The predicted octanol–water partition coefficient (Wildman–Crippen LogP) is 7.70. The normalized spacial score (nSPS) is 12.5. The van der Waals surface area contributed by atoms with E-state index in [1.807, 2.05) is 44.2 Å². The largest absolute Gasteiger partial charge is 0.457 e. The Hall–Kier alpha value is -4.05. The topological polar surface area (TPSA) is 96.0 Å². The van der Waals surface area contributed by atoms with E-state index in [4.69, 9.17) is 27.9 Å². The number of carbonyl (C=O) groups is 2. The summed E-state index contributed by atoms with van der Waals surface area (Å²) < 4.78 is 35.1. The fraction of sp³-hybridized carbons (Fsp3) is 0.257. The molecule has 0 spiro atoms. The Morgan fingerprint density at radius 3 is 2.02 bits per heavy atom. The highest BCUT2D eigenvalue weighted by molar-refractivity contribution is 7.92. The summed E-state index contributed by atoms with van der Waals surface area (Å²) in [5.41, 5.74) is 0.813. The minimum Gasteiger partial charge on any atom is -0.457 e. The molecule has 0 bridgehead atoms. The molecule has 2 amide bonds. The van der Waals surface area contributed by atoms with Crippen molar-refractivity contribution in [3.8, 4) is 11.5 Å². The van der Waals surface area contributed by atoms with Crippen LogP contribution in [0.25, 0.3) is 0 Å². The van der Waals surface area contributed by atoms with E-state index < -0.39 is 28.5 Å². The molecule has 0 heterocycles. The summed E-state index contributed by atoms with van der Waals surface area (Å²) in [5, 5.41) is 3.71. The summed E-state index contributed by atoms with van der Waals surface area (Å²) in [5.74, 6) is 0.193. The van der Waals surface area contributed by atoms with Gasteiger partial charge in [-0.3, -0.25) is 13.9 Å². The second-order valence-electron chi connectivity index (χ2n) is 10.7. The quantitative estimate of drug-likeness (QED) is 0.147. The Morgan fingerprint density at radius 1 is 0.826 bits per heavy atom. The van der Waals surface area contributed by atoms with Crippen LogP contribution in [0.4, 0.5) is 5.69 Å². The molecule has 8 nitrogen and oxygen atoms in total. The first-order valence-electron chi connectivity index (χ1n) is 15.0. The van der Waals surface area contributed by atoms with Crippen LogP contribution in [0.3, 0.4) is 0 Å². The zero-order chi connectivity index (χ0) is 33.3. The minimum atomic E-state index is -4.22. The van der Waals surface area contributed by atoms with E-state index in [0.717, 1.165) is 4.31 Å². The highest BCUT2D eigenvalue weighted by atomic mass is 35.5. The van der Waals surface area contributed by atoms with Gasteiger partial charge in [0.15, 0.2) is 0 Å². The molecule has 0 fully saturated rings. The molecular formula is C35H37Cl2N3O5S. The number of hydrogen-bond acceptors (Lipinski definition) is 5. The number of sulfonamides is 1. The second-order valence-corrected chi connectivity index (χ2v) is 13.4. The van der Waals surface area contributed by atoms with Crippen molar-refractivity contribution >= 4 is 50.7 Å². The third kappa shape index (κ3) is 8.81. The van der Waals surface area contributed by atoms with Crippen molar-refractivity contribution in [2.75, 3.05) is 10.8 Å². The number of halogens is 2. The van der Waals surface area contributed by atoms with Crippen molar-refractivity contribution in [1.82, 2.24) is 10.2 Å². The number of ether oxygens (including phenoxy) is 1. The van der Waals surface area contributed by atoms with Crippen LogP contribution in [-0.2, 0) is 26.2 Å². The molecule has 0 aromatic heterocycles. The van der Waals surface area contributed by atoms with Gasteiger partial charge in [0.2, 0.25) is 11.8 Å². The Labute approximate surface area is 280 Å². The van der Waals surface area contributed by atoms with Crippen LogP contribution >= 0.6 is 23.2 Å². The van der Waals surface area contributed by atoms with Crippen molar-refractivity contribution in [3.05, 3.63) is 119 Å². The van der Waals surface area contributed by atoms with Gasteiger partial charge in [-0.25, -0.2) is 8.42 Å². The smallest absolute Gasteiger partial charge is 0.264 e. The van der Waals surface area contributed by atoms with Crippen molar-refractivity contribution in [1.29, 1.82) is 0 Å². The zero-order valence-electron chi connectivity index (χ0n) is 25.9. The number of benzene rings is 4. The van der Waals surface area contributed by atoms with Crippen molar-refractivity contribution in [2.45, 2.75) is 57.1 Å². The molecule has 0 aliphatic rings. The van der Waals surface area contributed by atoms with E-state index in [1.165, 1.54) is 17.0 Å². The van der Waals surface area contributed by atoms with Gasteiger partial charge in [-0.05, 0) is 86.0 Å². The average molecular weight is 683 g/mol. The zero-order valence-corrected chi connectivity index (χ0v) is 28.2. The maximum atomic E-state index is 14.3. The fourth-order valence-electron chi connectivity index (χ4n) is 4.75. The van der Waals surface area contributed by atoms with Gasteiger partial charge in [-0.2, -0.15) is 0 Å². The van der Waals surface area contributed by atoms with Gasteiger partial charge in [-0.15, -0.1) is 0 Å². The van der Waals surface area contributed by atoms with Gasteiger partial charge in [0.1, 0.15) is 24.1 Å². The number of hydrogen-bond donors (Lipinski definition) is 1. The molecule has 46 heavy (non-hydrogen) atoms. The highest BCUT2D eigenvalue weighted by Gasteiger charge is 2.34. The van der Waals surface area contributed by atoms with E-state index in [9.17, 15) is 18.0 Å². The van der Waals surface area contributed by atoms with Crippen molar-refractivity contribution in [2.24, 2.45) is 0 Å². The van der Waals surface area contributed by atoms with Gasteiger partial charge in [0.25, 0.3) is 10.0 Å². The summed E-state index contributed by atoms with van der Waals surface area (Å²) in [6.45, 7) is 5.02. The third-order valence-corrected chi connectivity index (χ3v) is 9.83. The molecular weight excluding hydrogens is 645 g/mol. The SMILES string of the molecule is CCC(C)NC(=O)C(CC)N(Cc1ccc(Cl)cc1Cl)C(=O)CN(c1ccc(Oc2ccccc2)cc1)S(=O)(=O)c1ccccc1. The number of anilines is 1. The van der Waals surface area contributed by atoms with Crippen LogP contribution in [0.5, 0.6) is 11.5 Å². The van der Waals surface area contributed by atoms with E-state index in [2.05, 4.69) is 5.32 Å². The second kappa shape index (κ2) is 16.0. The summed E-state index contributed by atoms with van der Waals surface area (Å²) in [6, 6.07) is 27.4. The number of nitrogens with one attached hydrogen (secondary N) is 1. The number of amides is 2. The monoisotopic (exact) mass is 681 g/mol. The van der Waals surface area contributed by atoms with Gasteiger partial charge < -0.3 is 15.0 Å². The Bertz CT molecular complexity index is 1720. The van der Waals surface area contributed by atoms with Crippen molar-refractivity contribution in [3.63, 3.8) is 0 Å². The molecule has 2 atom stereocenters. The van der Waals surface area contributed by atoms with Gasteiger partial charge in [0, 0.05) is 22.6 Å². The maximum Gasteiger partial charge on any atom is 0.264 e. The first-order valence-corrected chi connectivity index (χ1v) is 17.2. The Kier molecular flexibility index (Phi) is 12.1. The number of para-hydroxylation sites is 1. The highest BCUT2D eigenvalue weighted by Crippen LogP contribution is 2.29. The average Bonchev–Trinajstić information content (AvgIpc) is 3.05. The van der Waals surface area contributed by atoms with E-state index >= 15 is 0 Å². The molecule has 4 aromatic carbocycles. The Morgan fingerprint density at radius 2 is 1.43 bits per heavy atom. The first-order chi connectivity index (χ1) is 22.0. The molecule has 2 unspecified atom stereocenters. The van der Waals surface area contributed by atoms with E-state index in [1.54, 1.807) is 67.6 Å². The van der Waals surface area contributed by atoms with Crippen LogP contribution in [0.2, 0.25) is 10.0 Å². The first kappa shape index (κ1) is 34.8. The summed E-state index contributed by atoms with van der Waals surface area (Å²) in [4.78, 5) is 29.2. The van der Waals surface area contributed by atoms with Crippen LogP contribution in [0.1, 0.15) is 39.2 Å². The van der Waals surface area contributed by atoms with Gasteiger partial charge in [-0.1, -0.05) is 79.5 Å². The third-order valence-electron chi connectivity index (χ3n) is 7.46. The number of nitrogens with zero attached hydrogens (tertiary/aromatic N) is 2. The molecule has 1 N–H and O–H groups in total. The number of carbonyl (C=O) groups excluding carboxylic acids is 2. The van der Waals surface area contributed by atoms with Crippen molar-refractivity contribution < 1.29 is 22.7 Å². The van der Waals surface area contributed by atoms with Crippen LogP contribution in [0.15, 0.2) is 108 Å². The van der Waals surface area contributed by atoms with Crippen LogP contribution in [-0.4, -0.2) is 43.8 Å². The van der Waals surface area contributed by atoms with E-state index in [0.29, 0.717) is 33.5 Å².